The predicted octanol–water partition coefficient (Wildman–Crippen LogP) is 2.55. The van der Waals surface area contributed by atoms with Crippen LogP contribution in [0.15, 0.2) is 28.3 Å². The molecule has 2 aromatic rings. The van der Waals surface area contributed by atoms with Crippen LogP contribution in [-0.4, -0.2) is 15.0 Å². The molecule has 0 aliphatic carbocycles. The quantitative estimate of drug-likeness (QED) is 0.844. The van der Waals surface area contributed by atoms with Gasteiger partial charge in [-0.1, -0.05) is 12.2 Å². The number of hydrogen-bond donors (Lipinski definition) is 2. The summed E-state index contributed by atoms with van der Waals surface area (Å²) in [5.74, 6) is 0.703. The molecule has 0 bridgehead atoms. The number of nitrogens with zero attached hydrogens (tertiary/aromatic N) is 2. The van der Waals surface area contributed by atoms with Crippen LogP contribution in [0.2, 0.25) is 0 Å². The Kier molecular flexibility index (Phi) is 4.03. The van der Waals surface area contributed by atoms with Gasteiger partial charge in [-0.05, 0) is 28.1 Å². The van der Waals surface area contributed by atoms with Gasteiger partial charge in [0.15, 0.2) is 0 Å². The highest BCUT2D eigenvalue weighted by atomic mass is 79.9. The van der Waals surface area contributed by atoms with E-state index in [0.717, 1.165) is 10.3 Å². The lowest BCUT2D eigenvalue weighted by molar-refractivity contribution is 1.10. The third-order valence-corrected chi connectivity index (χ3v) is 3.81. The number of thiophene rings is 1. The maximum atomic E-state index is 5.44. The zero-order chi connectivity index (χ0) is 12.3. The van der Waals surface area contributed by atoms with Crippen LogP contribution >= 0.6 is 39.5 Å². The third-order valence-electron chi connectivity index (χ3n) is 1.98. The van der Waals surface area contributed by atoms with E-state index in [0.29, 0.717) is 11.5 Å². The van der Waals surface area contributed by atoms with Crippen molar-refractivity contribution in [1.29, 1.82) is 0 Å². The molecule has 0 aliphatic rings. The summed E-state index contributed by atoms with van der Waals surface area (Å²) >= 11 is 9.90. The molecule has 2 heterocycles. The normalized spacial score (nSPS) is 10.2. The van der Waals surface area contributed by atoms with Crippen LogP contribution < -0.4 is 11.1 Å². The Labute approximate surface area is 116 Å². The molecule has 0 aromatic carbocycles. The highest BCUT2D eigenvalue weighted by Crippen LogP contribution is 2.22. The molecule has 88 valence electrons. The Balaban J connectivity index is 1.97. The van der Waals surface area contributed by atoms with Crippen molar-refractivity contribution in [2.45, 2.75) is 6.54 Å². The molecule has 3 N–H and O–H groups in total. The molecule has 0 saturated heterocycles. The first-order chi connectivity index (χ1) is 8.15. The van der Waals surface area contributed by atoms with Crippen molar-refractivity contribution < 1.29 is 0 Å². The second-order valence-corrected chi connectivity index (χ2v) is 6.20. The maximum absolute atomic E-state index is 5.44. The second kappa shape index (κ2) is 5.52. The smallest absolute Gasteiger partial charge is 0.144 e. The second-order valence-electron chi connectivity index (χ2n) is 3.21. The molecule has 2 aromatic heterocycles. The van der Waals surface area contributed by atoms with E-state index in [9.17, 15) is 0 Å². The molecular formula is C10H9BrN4S2. The summed E-state index contributed by atoms with van der Waals surface area (Å²) in [6.45, 7) is 0.720. The van der Waals surface area contributed by atoms with E-state index < -0.39 is 0 Å². The summed E-state index contributed by atoms with van der Waals surface area (Å²) < 4.78 is 1.12. The standard InChI is InChI=1S/C10H9BrN4S2/c11-8-2-1-6(17-8)3-14-9-5-13-7(4-15-9)10(12)16/h1-2,4-5H,3H2,(H2,12,16)(H,14,15). The monoisotopic (exact) mass is 328 g/mol. The highest BCUT2D eigenvalue weighted by Gasteiger charge is 2.01. The zero-order valence-corrected chi connectivity index (χ0v) is 11.9. The summed E-state index contributed by atoms with van der Waals surface area (Å²) in [5, 5.41) is 3.17. The fraction of sp³-hybridized carbons (Fsp3) is 0.100. The minimum atomic E-state index is 0.256. The van der Waals surface area contributed by atoms with Crippen molar-refractivity contribution in [2.24, 2.45) is 5.73 Å². The predicted molar refractivity (Wildman–Crippen MR) is 77.3 cm³/mol. The summed E-state index contributed by atoms with van der Waals surface area (Å²) in [5.41, 5.74) is 5.97. The number of nitrogens with one attached hydrogen (secondary N) is 1. The van der Waals surface area contributed by atoms with Crippen LogP contribution in [0.1, 0.15) is 10.6 Å². The van der Waals surface area contributed by atoms with Gasteiger partial charge in [-0.25, -0.2) is 9.97 Å². The Morgan fingerprint density at radius 3 is 2.76 bits per heavy atom. The van der Waals surface area contributed by atoms with Crippen molar-refractivity contribution in [3.05, 3.63) is 38.9 Å². The van der Waals surface area contributed by atoms with Gasteiger partial charge in [-0.15, -0.1) is 11.3 Å². The first-order valence-electron chi connectivity index (χ1n) is 4.75. The van der Waals surface area contributed by atoms with Gasteiger partial charge in [0.05, 0.1) is 22.7 Å². The molecule has 0 fully saturated rings. The summed E-state index contributed by atoms with van der Waals surface area (Å²) in [4.78, 5) is 9.75. The average Bonchev–Trinajstić information content (AvgIpc) is 2.73. The number of rotatable bonds is 4. The van der Waals surface area contributed by atoms with Crippen molar-refractivity contribution >= 4 is 50.3 Å². The van der Waals surface area contributed by atoms with E-state index in [1.807, 2.05) is 6.07 Å². The Hall–Kier alpha value is -1.05. The van der Waals surface area contributed by atoms with Crippen molar-refractivity contribution in [3.8, 4) is 0 Å². The number of aromatic nitrogens is 2. The number of hydrogen-bond acceptors (Lipinski definition) is 5. The Bertz CT molecular complexity index is 523. The van der Waals surface area contributed by atoms with Crippen LogP contribution in [0.4, 0.5) is 5.82 Å². The fourth-order valence-electron chi connectivity index (χ4n) is 1.17. The van der Waals surface area contributed by atoms with E-state index in [1.54, 1.807) is 23.7 Å². The SMILES string of the molecule is NC(=S)c1cnc(NCc2ccc(Br)s2)cn1. The summed E-state index contributed by atoms with van der Waals surface area (Å²) in [6.07, 6.45) is 3.19. The maximum Gasteiger partial charge on any atom is 0.144 e. The first-order valence-corrected chi connectivity index (χ1v) is 6.77. The number of nitrogens with two attached hydrogens (primary N) is 1. The third kappa shape index (κ3) is 3.45. The largest absolute Gasteiger partial charge is 0.388 e. The van der Waals surface area contributed by atoms with Crippen LogP contribution in [0, 0.1) is 0 Å². The number of thiocarbonyl (C=S) groups is 1. The lowest BCUT2D eigenvalue weighted by atomic mass is 10.4. The van der Waals surface area contributed by atoms with E-state index in [1.165, 1.54) is 4.88 Å². The molecule has 0 unspecified atom stereocenters. The minimum absolute atomic E-state index is 0.256. The molecule has 2 rings (SSSR count). The molecule has 0 atom stereocenters. The Morgan fingerprint density at radius 1 is 1.41 bits per heavy atom. The summed E-state index contributed by atoms with van der Waals surface area (Å²) in [7, 11) is 0. The number of halogens is 1. The van der Waals surface area contributed by atoms with Crippen molar-refractivity contribution in [1.82, 2.24) is 9.97 Å². The van der Waals surface area contributed by atoms with E-state index in [4.69, 9.17) is 18.0 Å². The molecule has 0 saturated carbocycles. The topological polar surface area (TPSA) is 63.8 Å². The van der Waals surface area contributed by atoms with Crippen molar-refractivity contribution in [3.63, 3.8) is 0 Å². The number of anilines is 1. The molecular weight excluding hydrogens is 320 g/mol. The van der Waals surface area contributed by atoms with E-state index in [2.05, 4.69) is 37.3 Å². The zero-order valence-electron chi connectivity index (χ0n) is 8.68. The Morgan fingerprint density at radius 2 is 2.24 bits per heavy atom. The van der Waals surface area contributed by atoms with Crippen LogP contribution in [0.3, 0.4) is 0 Å². The van der Waals surface area contributed by atoms with Gasteiger partial charge in [0.1, 0.15) is 16.5 Å². The van der Waals surface area contributed by atoms with Gasteiger partial charge in [0.25, 0.3) is 0 Å². The van der Waals surface area contributed by atoms with Crippen LogP contribution in [0.25, 0.3) is 0 Å². The van der Waals surface area contributed by atoms with Gasteiger partial charge >= 0.3 is 0 Å². The molecule has 4 nitrogen and oxygen atoms in total. The fourth-order valence-corrected chi connectivity index (χ4v) is 2.70. The van der Waals surface area contributed by atoms with Gasteiger partial charge in [-0.2, -0.15) is 0 Å². The lowest BCUT2D eigenvalue weighted by Crippen LogP contribution is -2.12. The van der Waals surface area contributed by atoms with E-state index >= 15 is 0 Å². The van der Waals surface area contributed by atoms with Crippen molar-refractivity contribution in [2.75, 3.05) is 5.32 Å². The lowest BCUT2D eigenvalue weighted by Gasteiger charge is -2.03. The van der Waals surface area contributed by atoms with Gasteiger partial charge in [0, 0.05) is 4.88 Å². The molecule has 0 aliphatic heterocycles. The average molecular weight is 329 g/mol. The molecule has 7 heteroatoms. The highest BCUT2D eigenvalue weighted by molar-refractivity contribution is 9.11. The van der Waals surface area contributed by atoms with Crippen LogP contribution in [0.5, 0.6) is 0 Å². The molecule has 0 amide bonds. The van der Waals surface area contributed by atoms with Gasteiger partial charge < -0.3 is 11.1 Å². The minimum Gasteiger partial charge on any atom is -0.388 e. The van der Waals surface area contributed by atoms with E-state index in [-0.39, 0.29) is 4.99 Å². The molecule has 0 radical (unpaired) electrons. The first kappa shape index (κ1) is 12.4. The molecule has 0 spiro atoms. The van der Waals surface area contributed by atoms with Gasteiger partial charge in [-0.3, -0.25) is 0 Å². The molecule has 17 heavy (non-hydrogen) atoms. The van der Waals surface area contributed by atoms with Gasteiger partial charge in [0.2, 0.25) is 0 Å². The van der Waals surface area contributed by atoms with Crippen LogP contribution in [-0.2, 0) is 6.54 Å². The summed E-state index contributed by atoms with van der Waals surface area (Å²) in [6, 6.07) is 4.07.